The fourth-order valence-corrected chi connectivity index (χ4v) is 1.26. The fourth-order valence-electron chi connectivity index (χ4n) is 1.26. The van der Waals surface area contributed by atoms with Crippen molar-refractivity contribution in [3.05, 3.63) is 29.8 Å². The van der Waals surface area contributed by atoms with E-state index in [-0.39, 0.29) is 11.3 Å². The molecule has 0 spiro atoms. The van der Waals surface area contributed by atoms with Gasteiger partial charge in [0, 0.05) is 0 Å². The largest absolute Gasteiger partial charge is 0.507 e. The predicted octanol–water partition coefficient (Wildman–Crippen LogP) is 0.172. The summed E-state index contributed by atoms with van der Waals surface area (Å²) >= 11 is 0. The van der Waals surface area contributed by atoms with E-state index >= 15 is 0 Å². The van der Waals surface area contributed by atoms with Gasteiger partial charge in [0.1, 0.15) is 17.8 Å². The van der Waals surface area contributed by atoms with Gasteiger partial charge in [-0.1, -0.05) is 12.1 Å². The zero-order chi connectivity index (χ0) is 15.3. The lowest BCUT2D eigenvalue weighted by molar-refractivity contribution is -0.191. The first kappa shape index (κ1) is 15.9. The molecule has 1 aromatic rings. The maximum atomic E-state index is 11.5. The van der Waals surface area contributed by atoms with Crippen molar-refractivity contribution in [3.63, 3.8) is 0 Å². The van der Waals surface area contributed by atoms with Crippen LogP contribution in [0.5, 0.6) is 5.75 Å². The standard InChI is InChI=1S/C13H18N2O5/c1-7(14)11(17)19-13(20-12(18)8(2)15)9-5-3-4-6-10(9)16/h3-8,13,16H,14-15H2,1-2H3/t7-,8-/m0/s1. The first-order valence-electron chi connectivity index (χ1n) is 6.03. The second kappa shape index (κ2) is 6.88. The molecule has 20 heavy (non-hydrogen) atoms. The summed E-state index contributed by atoms with van der Waals surface area (Å²) in [6.07, 6.45) is -1.40. The molecule has 7 heteroatoms. The number of benzene rings is 1. The lowest BCUT2D eigenvalue weighted by Gasteiger charge is -2.21. The SMILES string of the molecule is C[C@H](N)C(=O)OC(OC(=O)[C@H](C)N)c1ccccc1O. The number of hydrogen-bond donors (Lipinski definition) is 3. The number of phenolic OH excluding ortho intramolecular Hbond substituents is 1. The molecule has 110 valence electrons. The molecule has 5 N–H and O–H groups in total. The van der Waals surface area contributed by atoms with Gasteiger partial charge in [0.2, 0.25) is 0 Å². The van der Waals surface area contributed by atoms with Crippen molar-refractivity contribution in [2.75, 3.05) is 0 Å². The Labute approximate surface area is 116 Å². The van der Waals surface area contributed by atoms with Gasteiger partial charge in [-0.25, -0.2) is 0 Å². The Bertz CT molecular complexity index is 465. The highest BCUT2D eigenvalue weighted by atomic mass is 16.7. The molecular formula is C13H18N2O5. The summed E-state index contributed by atoms with van der Waals surface area (Å²) in [7, 11) is 0. The third-order valence-electron chi connectivity index (χ3n) is 2.38. The Morgan fingerprint density at radius 1 is 1.05 bits per heavy atom. The summed E-state index contributed by atoms with van der Waals surface area (Å²) in [5.74, 6) is -1.71. The van der Waals surface area contributed by atoms with Gasteiger partial charge in [0.25, 0.3) is 6.29 Å². The minimum atomic E-state index is -1.40. The molecule has 2 atom stereocenters. The van der Waals surface area contributed by atoms with Crippen molar-refractivity contribution >= 4 is 11.9 Å². The Hall–Kier alpha value is -2.12. The normalized spacial score (nSPS) is 13.7. The molecule has 0 aliphatic heterocycles. The average Bonchev–Trinajstić information content (AvgIpc) is 2.38. The van der Waals surface area contributed by atoms with E-state index in [0.717, 1.165) is 0 Å². The van der Waals surface area contributed by atoms with Crippen LogP contribution in [0.25, 0.3) is 0 Å². The summed E-state index contributed by atoms with van der Waals surface area (Å²) in [4.78, 5) is 23.1. The van der Waals surface area contributed by atoms with Crippen LogP contribution in [-0.4, -0.2) is 29.1 Å². The van der Waals surface area contributed by atoms with Gasteiger partial charge in [-0.05, 0) is 26.0 Å². The third-order valence-corrected chi connectivity index (χ3v) is 2.38. The van der Waals surface area contributed by atoms with E-state index < -0.39 is 30.3 Å². The Kier molecular flexibility index (Phi) is 5.48. The Balaban J connectivity index is 2.98. The lowest BCUT2D eigenvalue weighted by atomic mass is 10.2. The number of rotatable bonds is 5. The monoisotopic (exact) mass is 282 g/mol. The van der Waals surface area contributed by atoms with Gasteiger partial charge in [-0.15, -0.1) is 0 Å². The van der Waals surface area contributed by atoms with Crippen molar-refractivity contribution in [1.82, 2.24) is 0 Å². The first-order chi connectivity index (χ1) is 9.32. The van der Waals surface area contributed by atoms with Crippen molar-refractivity contribution in [1.29, 1.82) is 0 Å². The number of nitrogens with two attached hydrogens (primary N) is 2. The summed E-state index contributed by atoms with van der Waals surface area (Å²) in [6.45, 7) is 2.86. The van der Waals surface area contributed by atoms with Gasteiger partial charge in [-0.2, -0.15) is 0 Å². The fraction of sp³-hybridized carbons (Fsp3) is 0.385. The molecule has 0 saturated carbocycles. The zero-order valence-electron chi connectivity index (χ0n) is 11.3. The van der Waals surface area contributed by atoms with E-state index in [1.807, 2.05) is 0 Å². The predicted molar refractivity (Wildman–Crippen MR) is 70.3 cm³/mol. The van der Waals surface area contributed by atoms with E-state index in [1.165, 1.54) is 26.0 Å². The number of esters is 2. The molecule has 7 nitrogen and oxygen atoms in total. The number of carbonyl (C=O) groups is 2. The molecule has 0 fully saturated rings. The highest BCUT2D eigenvalue weighted by Crippen LogP contribution is 2.28. The van der Waals surface area contributed by atoms with E-state index in [4.69, 9.17) is 20.9 Å². The van der Waals surface area contributed by atoms with Gasteiger partial charge in [0.15, 0.2) is 0 Å². The third kappa shape index (κ3) is 4.22. The van der Waals surface area contributed by atoms with Crippen molar-refractivity contribution < 1.29 is 24.2 Å². The summed E-state index contributed by atoms with van der Waals surface area (Å²) in [6, 6.07) is 4.23. The van der Waals surface area contributed by atoms with E-state index in [0.29, 0.717) is 0 Å². The molecule has 1 aromatic carbocycles. The Morgan fingerprint density at radius 3 is 1.90 bits per heavy atom. The maximum Gasteiger partial charge on any atom is 0.325 e. The number of phenols is 1. The van der Waals surface area contributed by atoms with Crippen LogP contribution in [0.3, 0.4) is 0 Å². The molecule has 0 aliphatic carbocycles. The quantitative estimate of drug-likeness (QED) is 0.519. The van der Waals surface area contributed by atoms with Crippen molar-refractivity contribution in [2.45, 2.75) is 32.2 Å². The Morgan fingerprint density at radius 2 is 1.50 bits per heavy atom. The van der Waals surface area contributed by atoms with Gasteiger partial charge in [-0.3, -0.25) is 9.59 Å². The van der Waals surface area contributed by atoms with Crippen LogP contribution in [0.4, 0.5) is 0 Å². The minimum absolute atomic E-state index is 0.135. The molecule has 0 unspecified atom stereocenters. The lowest BCUT2D eigenvalue weighted by Crippen LogP contribution is -2.34. The second-order valence-corrected chi connectivity index (χ2v) is 4.34. The van der Waals surface area contributed by atoms with Crippen molar-refractivity contribution in [2.24, 2.45) is 11.5 Å². The molecule has 0 heterocycles. The van der Waals surface area contributed by atoms with Crippen LogP contribution < -0.4 is 11.5 Å². The molecule has 0 radical (unpaired) electrons. The molecule has 0 bridgehead atoms. The number of para-hydroxylation sites is 1. The van der Waals surface area contributed by atoms with E-state index in [1.54, 1.807) is 12.1 Å². The minimum Gasteiger partial charge on any atom is -0.507 e. The van der Waals surface area contributed by atoms with Crippen molar-refractivity contribution in [3.8, 4) is 5.75 Å². The number of aromatic hydroxyl groups is 1. The molecule has 0 saturated heterocycles. The number of ether oxygens (including phenoxy) is 2. The molecule has 0 aromatic heterocycles. The zero-order valence-corrected chi connectivity index (χ0v) is 11.3. The maximum absolute atomic E-state index is 11.5. The second-order valence-electron chi connectivity index (χ2n) is 4.34. The van der Waals surface area contributed by atoms with Gasteiger partial charge < -0.3 is 26.0 Å². The van der Waals surface area contributed by atoms with E-state index in [9.17, 15) is 14.7 Å². The van der Waals surface area contributed by atoms with Crippen LogP contribution >= 0.6 is 0 Å². The summed E-state index contributed by atoms with van der Waals surface area (Å²) in [5.41, 5.74) is 10.9. The smallest absolute Gasteiger partial charge is 0.325 e. The van der Waals surface area contributed by atoms with Gasteiger partial charge >= 0.3 is 11.9 Å². The number of hydrogen-bond acceptors (Lipinski definition) is 7. The van der Waals surface area contributed by atoms with Crippen LogP contribution in [0.15, 0.2) is 24.3 Å². The van der Waals surface area contributed by atoms with Gasteiger partial charge in [0.05, 0.1) is 5.56 Å². The van der Waals surface area contributed by atoms with Crippen LogP contribution in [-0.2, 0) is 19.1 Å². The van der Waals surface area contributed by atoms with Crippen LogP contribution in [0.1, 0.15) is 25.7 Å². The van der Waals surface area contributed by atoms with Crippen LogP contribution in [0.2, 0.25) is 0 Å². The highest BCUT2D eigenvalue weighted by molar-refractivity contribution is 5.77. The summed E-state index contributed by atoms with van der Waals surface area (Å²) < 4.78 is 9.95. The van der Waals surface area contributed by atoms with E-state index in [2.05, 4.69) is 0 Å². The number of carbonyl (C=O) groups excluding carboxylic acids is 2. The molecule has 0 aliphatic rings. The average molecular weight is 282 g/mol. The first-order valence-corrected chi connectivity index (χ1v) is 6.03. The highest BCUT2D eigenvalue weighted by Gasteiger charge is 2.26. The summed E-state index contributed by atoms with van der Waals surface area (Å²) in [5, 5.41) is 9.74. The molecule has 0 amide bonds. The molecule has 1 rings (SSSR count). The topological polar surface area (TPSA) is 125 Å². The molecular weight excluding hydrogens is 264 g/mol. The van der Waals surface area contributed by atoms with Crippen LogP contribution in [0, 0.1) is 0 Å².